The van der Waals surface area contributed by atoms with Crippen LogP contribution in [0.15, 0.2) is 24.3 Å². The van der Waals surface area contributed by atoms with Crippen molar-refractivity contribution in [1.82, 2.24) is 5.32 Å². The van der Waals surface area contributed by atoms with Gasteiger partial charge in [-0.2, -0.15) is 0 Å². The summed E-state index contributed by atoms with van der Waals surface area (Å²) in [6, 6.07) is 7.07. The highest BCUT2D eigenvalue weighted by molar-refractivity contribution is 5.82. The highest BCUT2D eigenvalue weighted by atomic mass is 16.5. The first-order valence-electron chi connectivity index (χ1n) is 6.13. The Morgan fingerprint density at radius 1 is 1.39 bits per heavy atom. The Morgan fingerprint density at radius 2 is 2.00 bits per heavy atom. The van der Waals surface area contributed by atoms with Crippen LogP contribution in [0.25, 0.3) is 0 Å². The van der Waals surface area contributed by atoms with Crippen molar-refractivity contribution in [3.63, 3.8) is 0 Å². The van der Waals surface area contributed by atoms with Gasteiger partial charge in [0.15, 0.2) is 0 Å². The van der Waals surface area contributed by atoms with Gasteiger partial charge in [-0.25, -0.2) is 0 Å². The zero-order valence-corrected chi connectivity index (χ0v) is 11.3. The topological polar surface area (TPSA) is 64.3 Å². The minimum atomic E-state index is -0.611. The first kappa shape index (κ1) is 14.7. The Morgan fingerprint density at radius 3 is 2.56 bits per heavy atom. The molecule has 0 bridgehead atoms. The van der Waals surface area contributed by atoms with E-state index in [1.807, 2.05) is 38.1 Å². The molecule has 1 aromatic carbocycles. The number of hydrogen-bond donors (Lipinski definition) is 2. The zero-order valence-electron chi connectivity index (χ0n) is 11.3. The van der Waals surface area contributed by atoms with Crippen molar-refractivity contribution in [2.45, 2.75) is 19.9 Å². The highest BCUT2D eigenvalue weighted by Gasteiger charge is 2.15. The van der Waals surface area contributed by atoms with Gasteiger partial charge in [-0.15, -0.1) is 0 Å². The largest absolute Gasteiger partial charge is 0.384 e. The summed E-state index contributed by atoms with van der Waals surface area (Å²) < 4.78 is 5.01. The Hall–Kier alpha value is -1.39. The van der Waals surface area contributed by atoms with Crippen molar-refractivity contribution in [3.8, 4) is 0 Å². The molecule has 0 heterocycles. The number of rotatable bonds is 6. The van der Waals surface area contributed by atoms with Gasteiger partial charge in [-0.1, -0.05) is 36.8 Å². The predicted octanol–water partition coefficient (Wildman–Crippen LogP) is 1.39. The van der Waals surface area contributed by atoms with Crippen LogP contribution in [0.2, 0.25) is 0 Å². The normalized spacial score (nSPS) is 14.0. The number of amides is 1. The second kappa shape index (κ2) is 7.13. The Balaban J connectivity index is 2.48. The lowest BCUT2D eigenvalue weighted by Crippen LogP contribution is -2.37. The summed E-state index contributed by atoms with van der Waals surface area (Å²) in [4.78, 5) is 11.9. The molecule has 1 amide bonds. The van der Waals surface area contributed by atoms with E-state index in [0.717, 1.165) is 11.1 Å². The maximum Gasteiger partial charge on any atom is 0.241 e. The van der Waals surface area contributed by atoms with Crippen molar-refractivity contribution in [2.75, 3.05) is 20.3 Å². The number of hydrogen-bond acceptors (Lipinski definition) is 3. The van der Waals surface area contributed by atoms with Crippen LogP contribution < -0.4 is 11.1 Å². The molecule has 0 aliphatic heterocycles. The van der Waals surface area contributed by atoms with Gasteiger partial charge in [0.05, 0.1) is 6.61 Å². The monoisotopic (exact) mass is 250 g/mol. The fraction of sp³-hybridized carbons (Fsp3) is 0.500. The molecule has 100 valence electrons. The van der Waals surface area contributed by atoms with Crippen molar-refractivity contribution in [2.24, 2.45) is 11.7 Å². The molecule has 0 radical (unpaired) electrons. The predicted molar refractivity (Wildman–Crippen MR) is 72.2 cm³/mol. The molecule has 1 aromatic rings. The maximum atomic E-state index is 11.9. The molecule has 2 atom stereocenters. The van der Waals surface area contributed by atoms with Crippen molar-refractivity contribution < 1.29 is 9.53 Å². The van der Waals surface area contributed by atoms with E-state index in [2.05, 4.69) is 5.32 Å². The first-order valence-corrected chi connectivity index (χ1v) is 6.13. The highest BCUT2D eigenvalue weighted by Crippen LogP contribution is 2.11. The number of carbonyl (C=O) groups excluding carboxylic acids is 1. The molecule has 0 aliphatic carbocycles. The zero-order chi connectivity index (χ0) is 13.5. The van der Waals surface area contributed by atoms with E-state index in [-0.39, 0.29) is 11.8 Å². The molecule has 0 saturated heterocycles. The summed E-state index contributed by atoms with van der Waals surface area (Å²) in [6.07, 6.45) is 0. The SMILES string of the molecule is COCC(C)CNC(=O)C(N)c1ccc(C)cc1. The van der Waals surface area contributed by atoms with E-state index in [9.17, 15) is 4.79 Å². The second-order valence-electron chi connectivity index (χ2n) is 4.69. The van der Waals surface area contributed by atoms with E-state index in [1.165, 1.54) is 0 Å². The Kier molecular flexibility index (Phi) is 5.82. The van der Waals surface area contributed by atoms with Gasteiger partial charge in [-0.05, 0) is 18.4 Å². The number of ether oxygens (including phenoxy) is 1. The molecule has 2 unspecified atom stereocenters. The molecule has 0 spiro atoms. The standard InChI is InChI=1S/C14H22N2O2/c1-10-4-6-12(7-5-10)13(15)14(17)16-8-11(2)9-18-3/h4-7,11,13H,8-9,15H2,1-3H3,(H,16,17). The van der Waals surface area contributed by atoms with E-state index >= 15 is 0 Å². The average Bonchev–Trinajstić information content (AvgIpc) is 2.36. The molecule has 0 fully saturated rings. The number of benzene rings is 1. The van der Waals surface area contributed by atoms with Gasteiger partial charge in [0.25, 0.3) is 0 Å². The maximum absolute atomic E-state index is 11.9. The van der Waals surface area contributed by atoms with Crippen LogP contribution >= 0.6 is 0 Å². The van der Waals surface area contributed by atoms with Crippen LogP contribution in [-0.2, 0) is 9.53 Å². The number of nitrogens with one attached hydrogen (secondary N) is 1. The third-order valence-corrected chi connectivity index (χ3v) is 2.79. The summed E-state index contributed by atoms with van der Waals surface area (Å²) >= 11 is 0. The van der Waals surface area contributed by atoms with Crippen LogP contribution in [0.5, 0.6) is 0 Å². The van der Waals surface area contributed by atoms with E-state index in [0.29, 0.717) is 13.2 Å². The summed E-state index contributed by atoms with van der Waals surface area (Å²) in [7, 11) is 1.65. The summed E-state index contributed by atoms with van der Waals surface area (Å²) in [5.74, 6) is 0.131. The second-order valence-corrected chi connectivity index (χ2v) is 4.69. The molecule has 0 aromatic heterocycles. The van der Waals surface area contributed by atoms with Crippen LogP contribution in [0.3, 0.4) is 0 Å². The van der Waals surface area contributed by atoms with Gasteiger partial charge < -0.3 is 15.8 Å². The first-order chi connectivity index (χ1) is 8.54. The summed E-state index contributed by atoms with van der Waals surface area (Å²) in [5, 5.41) is 2.84. The fourth-order valence-electron chi connectivity index (χ4n) is 1.65. The molecule has 4 nitrogen and oxygen atoms in total. The molecule has 0 aliphatic rings. The minimum Gasteiger partial charge on any atom is -0.384 e. The minimum absolute atomic E-state index is 0.151. The van der Waals surface area contributed by atoms with Gasteiger partial charge in [0.1, 0.15) is 6.04 Å². The molecule has 4 heteroatoms. The molecule has 1 rings (SSSR count). The summed E-state index contributed by atoms with van der Waals surface area (Å²) in [5.41, 5.74) is 7.89. The lowest BCUT2D eigenvalue weighted by molar-refractivity contribution is -0.122. The third-order valence-electron chi connectivity index (χ3n) is 2.79. The van der Waals surface area contributed by atoms with E-state index < -0.39 is 6.04 Å². The van der Waals surface area contributed by atoms with Crippen molar-refractivity contribution in [3.05, 3.63) is 35.4 Å². The lowest BCUT2D eigenvalue weighted by atomic mass is 10.1. The molecular formula is C14H22N2O2. The van der Waals surface area contributed by atoms with Gasteiger partial charge in [0.2, 0.25) is 5.91 Å². The Labute approximate surface area is 109 Å². The van der Waals surface area contributed by atoms with E-state index in [1.54, 1.807) is 7.11 Å². The smallest absolute Gasteiger partial charge is 0.241 e. The number of methoxy groups -OCH3 is 1. The molecule has 18 heavy (non-hydrogen) atoms. The van der Waals surface area contributed by atoms with Gasteiger partial charge >= 0.3 is 0 Å². The Bertz CT molecular complexity index is 376. The summed E-state index contributed by atoms with van der Waals surface area (Å²) in [6.45, 7) is 5.22. The average molecular weight is 250 g/mol. The molecule has 3 N–H and O–H groups in total. The van der Waals surface area contributed by atoms with Crippen molar-refractivity contribution >= 4 is 5.91 Å². The van der Waals surface area contributed by atoms with Crippen LogP contribution in [0.4, 0.5) is 0 Å². The number of carbonyl (C=O) groups is 1. The molecule has 0 saturated carbocycles. The van der Waals surface area contributed by atoms with Crippen LogP contribution in [0, 0.1) is 12.8 Å². The van der Waals surface area contributed by atoms with Crippen LogP contribution in [0.1, 0.15) is 24.1 Å². The quantitative estimate of drug-likeness (QED) is 0.802. The fourth-order valence-corrected chi connectivity index (χ4v) is 1.65. The molecular weight excluding hydrogens is 228 g/mol. The van der Waals surface area contributed by atoms with Gasteiger partial charge in [0, 0.05) is 13.7 Å². The van der Waals surface area contributed by atoms with Gasteiger partial charge in [-0.3, -0.25) is 4.79 Å². The number of nitrogens with two attached hydrogens (primary N) is 1. The van der Waals surface area contributed by atoms with E-state index in [4.69, 9.17) is 10.5 Å². The van der Waals surface area contributed by atoms with Crippen molar-refractivity contribution in [1.29, 1.82) is 0 Å². The lowest BCUT2D eigenvalue weighted by Gasteiger charge is -2.15. The number of aryl methyl sites for hydroxylation is 1. The van der Waals surface area contributed by atoms with Crippen LogP contribution in [-0.4, -0.2) is 26.2 Å². The third kappa shape index (κ3) is 4.47.